The molecule has 3 N–H and O–H groups in total. The maximum Gasteiger partial charge on any atom is 0.122 e. The first-order valence-electron chi connectivity index (χ1n) is 9.59. The van der Waals surface area contributed by atoms with Gasteiger partial charge >= 0.3 is 0 Å². The first-order chi connectivity index (χ1) is 12.6. The summed E-state index contributed by atoms with van der Waals surface area (Å²) >= 11 is 1.71. The number of fused-ring (bicyclic) bond motifs is 1. The van der Waals surface area contributed by atoms with Gasteiger partial charge in [0.2, 0.25) is 0 Å². The molecule has 0 spiro atoms. The fourth-order valence-corrected chi connectivity index (χ4v) is 4.93. The summed E-state index contributed by atoms with van der Waals surface area (Å²) in [5, 5.41) is 15.6. The van der Waals surface area contributed by atoms with Crippen LogP contribution in [0.3, 0.4) is 0 Å². The largest absolute Gasteiger partial charge is 0.494 e. The smallest absolute Gasteiger partial charge is 0.122 e. The van der Waals surface area contributed by atoms with Crippen LogP contribution in [0.2, 0.25) is 0 Å². The third-order valence-corrected chi connectivity index (χ3v) is 6.30. The predicted octanol–water partition coefficient (Wildman–Crippen LogP) is 4.16. The molecule has 2 heterocycles. The molecule has 6 heteroatoms. The van der Waals surface area contributed by atoms with Gasteiger partial charge in [-0.15, -0.1) is 11.8 Å². The Labute approximate surface area is 158 Å². The van der Waals surface area contributed by atoms with Crippen molar-refractivity contribution >= 4 is 33.4 Å². The molecule has 5 nitrogen and oxygen atoms in total. The highest BCUT2D eigenvalue weighted by molar-refractivity contribution is 8.14. The number of aliphatic imine (C=N–C) groups is 1. The van der Waals surface area contributed by atoms with Gasteiger partial charge in [0.05, 0.1) is 35.7 Å². The summed E-state index contributed by atoms with van der Waals surface area (Å²) in [4.78, 5) is 8.25. The molecule has 1 aliphatic carbocycles. The van der Waals surface area contributed by atoms with E-state index in [9.17, 15) is 5.11 Å². The number of rotatable bonds is 6. The van der Waals surface area contributed by atoms with Crippen molar-refractivity contribution in [1.29, 1.82) is 0 Å². The van der Waals surface area contributed by atoms with E-state index in [0.29, 0.717) is 12.6 Å². The van der Waals surface area contributed by atoms with Crippen LogP contribution in [0, 0.1) is 0 Å². The molecule has 140 valence electrons. The topological polar surface area (TPSA) is 69.6 Å². The van der Waals surface area contributed by atoms with Crippen LogP contribution in [0.25, 0.3) is 10.9 Å². The maximum absolute atomic E-state index is 9.80. The van der Waals surface area contributed by atoms with E-state index in [1.54, 1.807) is 18.7 Å². The Morgan fingerprint density at radius 1 is 1.35 bits per heavy atom. The number of aromatic amines is 1. The van der Waals surface area contributed by atoms with Gasteiger partial charge in [0, 0.05) is 23.2 Å². The summed E-state index contributed by atoms with van der Waals surface area (Å²) in [6.45, 7) is 4.47. The molecule has 2 aromatic rings. The number of nitrogens with zero attached hydrogens (tertiary/aromatic N) is 1. The number of hydrogen-bond acceptors (Lipinski definition) is 5. The van der Waals surface area contributed by atoms with E-state index in [4.69, 9.17) is 9.73 Å². The van der Waals surface area contributed by atoms with Crippen LogP contribution in [0.15, 0.2) is 23.2 Å². The number of hydrogen-bond donors (Lipinski definition) is 3. The lowest BCUT2D eigenvalue weighted by Crippen LogP contribution is -2.20. The predicted molar refractivity (Wildman–Crippen MR) is 110 cm³/mol. The Balaban J connectivity index is 1.70. The quantitative estimate of drug-likeness (QED) is 0.711. The van der Waals surface area contributed by atoms with Crippen LogP contribution in [-0.4, -0.2) is 45.7 Å². The molecular formula is C20H27N3O2S. The third kappa shape index (κ3) is 3.58. The van der Waals surface area contributed by atoms with Crippen molar-refractivity contribution in [1.82, 2.24) is 4.98 Å². The normalized spacial score (nSPS) is 22.0. The van der Waals surface area contributed by atoms with E-state index >= 15 is 0 Å². The van der Waals surface area contributed by atoms with Gasteiger partial charge < -0.3 is 20.1 Å². The van der Waals surface area contributed by atoms with Gasteiger partial charge in [0.15, 0.2) is 0 Å². The Hall–Kier alpha value is -1.66. The third-order valence-electron chi connectivity index (χ3n) is 5.19. The van der Waals surface area contributed by atoms with Crippen molar-refractivity contribution < 1.29 is 9.84 Å². The molecule has 4 rings (SSSR count). The summed E-state index contributed by atoms with van der Waals surface area (Å²) in [5.41, 5.74) is 3.25. The SMILES string of the molecule is CCOc1cc(NC2CCCC2)c2[nH]c(C3=NC(C(C)O)CS3)cc2c1. The fourth-order valence-electron chi connectivity index (χ4n) is 3.77. The summed E-state index contributed by atoms with van der Waals surface area (Å²) in [6.07, 6.45) is 4.65. The summed E-state index contributed by atoms with van der Waals surface area (Å²) in [7, 11) is 0. The van der Waals surface area contributed by atoms with E-state index in [-0.39, 0.29) is 6.04 Å². The van der Waals surface area contributed by atoms with Crippen molar-refractivity contribution in [2.45, 2.75) is 57.7 Å². The summed E-state index contributed by atoms with van der Waals surface area (Å²) < 4.78 is 5.78. The minimum atomic E-state index is -0.409. The monoisotopic (exact) mass is 373 g/mol. The van der Waals surface area contributed by atoms with E-state index in [1.807, 2.05) is 6.92 Å². The van der Waals surface area contributed by atoms with E-state index in [0.717, 1.165) is 38.8 Å². The van der Waals surface area contributed by atoms with Crippen LogP contribution in [0.5, 0.6) is 5.75 Å². The molecule has 1 aliphatic heterocycles. The highest BCUT2D eigenvalue weighted by atomic mass is 32.2. The van der Waals surface area contributed by atoms with Crippen LogP contribution in [-0.2, 0) is 0 Å². The zero-order valence-corrected chi connectivity index (χ0v) is 16.2. The van der Waals surface area contributed by atoms with Gasteiger partial charge in [0.25, 0.3) is 0 Å². The molecule has 0 bridgehead atoms. The molecule has 0 radical (unpaired) electrons. The Bertz CT molecular complexity index is 809. The molecule has 1 aromatic carbocycles. The molecule has 1 aromatic heterocycles. The number of nitrogens with one attached hydrogen (secondary N) is 2. The van der Waals surface area contributed by atoms with E-state index in [2.05, 4.69) is 28.5 Å². The van der Waals surface area contributed by atoms with Crippen LogP contribution in [0.1, 0.15) is 45.2 Å². The standard InChI is InChI=1S/C20H27N3O2S/c1-3-25-15-8-13-9-17(20-23-18(11-26-20)12(2)24)22-19(13)16(10-15)21-14-6-4-5-7-14/h8-10,12,14,18,21-22,24H,3-7,11H2,1-2H3. The number of aliphatic hydroxyl groups excluding tert-OH is 1. The fraction of sp³-hybridized carbons (Fsp3) is 0.550. The summed E-state index contributed by atoms with van der Waals surface area (Å²) in [6, 6.07) is 6.86. The molecule has 0 saturated heterocycles. The van der Waals surface area contributed by atoms with Gasteiger partial charge in [-0.25, -0.2) is 0 Å². The minimum absolute atomic E-state index is 0.0171. The highest BCUT2D eigenvalue weighted by Gasteiger charge is 2.25. The number of H-pyrrole nitrogens is 1. The first-order valence-corrected chi connectivity index (χ1v) is 10.6. The molecular weight excluding hydrogens is 346 g/mol. The number of ether oxygens (including phenoxy) is 1. The van der Waals surface area contributed by atoms with Gasteiger partial charge in [-0.05, 0) is 38.8 Å². The van der Waals surface area contributed by atoms with E-state index < -0.39 is 6.10 Å². The summed E-state index contributed by atoms with van der Waals surface area (Å²) in [5.74, 6) is 1.73. The van der Waals surface area contributed by atoms with Crippen molar-refractivity contribution in [3.63, 3.8) is 0 Å². The number of thioether (sulfide) groups is 1. The number of aliphatic hydroxyl groups is 1. The highest BCUT2D eigenvalue weighted by Crippen LogP contribution is 2.34. The van der Waals surface area contributed by atoms with Gasteiger partial charge in [-0.2, -0.15) is 0 Å². The molecule has 2 unspecified atom stereocenters. The Morgan fingerprint density at radius 3 is 2.85 bits per heavy atom. The molecule has 1 fully saturated rings. The Kier molecular flexibility index (Phi) is 5.14. The number of benzene rings is 1. The molecule has 2 atom stereocenters. The second kappa shape index (κ2) is 7.53. The van der Waals surface area contributed by atoms with Crippen molar-refractivity contribution in [3.05, 3.63) is 23.9 Å². The van der Waals surface area contributed by atoms with Crippen LogP contribution in [0.4, 0.5) is 5.69 Å². The Morgan fingerprint density at radius 2 is 2.15 bits per heavy atom. The van der Waals surface area contributed by atoms with Gasteiger partial charge in [-0.1, -0.05) is 12.8 Å². The van der Waals surface area contributed by atoms with E-state index in [1.165, 1.54) is 25.7 Å². The second-order valence-electron chi connectivity index (χ2n) is 7.23. The number of anilines is 1. The molecule has 26 heavy (non-hydrogen) atoms. The lowest BCUT2D eigenvalue weighted by atomic mass is 10.1. The molecule has 0 amide bonds. The van der Waals surface area contributed by atoms with Gasteiger partial charge in [0.1, 0.15) is 10.8 Å². The van der Waals surface area contributed by atoms with Crippen molar-refractivity contribution in [2.75, 3.05) is 17.7 Å². The first kappa shape index (κ1) is 17.7. The lowest BCUT2D eigenvalue weighted by Gasteiger charge is -2.15. The molecule has 2 aliphatic rings. The average molecular weight is 374 g/mol. The zero-order chi connectivity index (χ0) is 18.1. The number of aromatic nitrogens is 1. The van der Waals surface area contributed by atoms with Crippen molar-refractivity contribution in [2.24, 2.45) is 4.99 Å². The lowest BCUT2D eigenvalue weighted by molar-refractivity contribution is 0.174. The van der Waals surface area contributed by atoms with Crippen LogP contribution >= 0.6 is 11.8 Å². The average Bonchev–Trinajstić information content (AvgIpc) is 3.35. The zero-order valence-electron chi connectivity index (χ0n) is 15.4. The second-order valence-corrected chi connectivity index (χ2v) is 8.24. The maximum atomic E-state index is 9.80. The minimum Gasteiger partial charge on any atom is -0.494 e. The van der Waals surface area contributed by atoms with Gasteiger partial charge in [-0.3, -0.25) is 4.99 Å². The van der Waals surface area contributed by atoms with Crippen molar-refractivity contribution in [3.8, 4) is 5.75 Å². The van der Waals surface area contributed by atoms with Crippen LogP contribution < -0.4 is 10.1 Å². The molecule has 1 saturated carbocycles.